The van der Waals surface area contributed by atoms with E-state index in [4.69, 9.17) is 11.6 Å². The minimum absolute atomic E-state index is 0.215. The third-order valence-corrected chi connectivity index (χ3v) is 3.53. The minimum atomic E-state index is -1.84. The molecule has 0 amide bonds. The molecule has 0 heterocycles. The summed E-state index contributed by atoms with van der Waals surface area (Å²) < 4.78 is 0. The van der Waals surface area contributed by atoms with Crippen molar-refractivity contribution in [2.24, 2.45) is 0 Å². The molecule has 0 bridgehead atoms. The van der Waals surface area contributed by atoms with Gasteiger partial charge in [0.15, 0.2) is 5.60 Å². The van der Waals surface area contributed by atoms with Crippen LogP contribution in [0, 0.1) is 0 Å². The average molecular weight is 285 g/mol. The Morgan fingerprint density at radius 3 is 2.53 bits per heavy atom. The van der Waals surface area contributed by atoms with Gasteiger partial charge in [0.25, 0.3) is 0 Å². The number of carboxylic acids is 1. The van der Waals surface area contributed by atoms with Crippen LogP contribution in [-0.2, 0) is 10.4 Å². The summed E-state index contributed by atoms with van der Waals surface area (Å²) in [5.74, 6) is -1.22. The Balaban J connectivity index is 2.72. The summed E-state index contributed by atoms with van der Waals surface area (Å²) in [5, 5.41) is 20.1. The molecule has 0 aliphatic carbocycles. The van der Waals surface area contributed by atoms with E-state index < -0.39 is 11.6 Å². The molecule has 1 aromatic carbocycles. The smallest absolute Gasteiger partial charge is 0.340 e. The van der Waals surface area contributed by atoms with E-state index in [0.29, 0.717) is 17.0 Å². The van der Waals surface area contributed by atoms with Gasteiger partial charge in [0.2, 0.25) is 0 Å². The van der Waals surface area contributed by atoms with Crippen molar-refractivity contribution in [2.75, 3.05) is 0 Å². The van der Waals surface area contributed by atoms with Gasteiger partial charge in [0.1, 0.15) is 0 Å². The standard InChI is InChI=1S/C15H21ClO3/c1-2-3-4-5-6-10-15(19,14(17)18)12-8-7-9-13(16)11-12/h7-9,11,19H,2-6,10H2,1H3,(H,17,18). The van der Waals surface area contributed by atoms with Crippen molar-refractivity contribution >= 4 is 17.6 Å². The Morgan fingerprint density at radius 2 is 1.95 bits per heavy atom. The second-order valence-electron chi connectivity index (χ2n) is 4.84. The number of aliphatic hydroxyl groups is 1. The first kappa shape index (κ1) is 16.0. The molecule has 0 fully saturated rings. The number of benzene rings is 1. The molecule has 4 heteroatoms. The maximum absolute atomic E-state index is 11.4. The van der Waals surface area contributed by atoms with Gasteiger partial charge in [-0.15, -0.1) is 0 Å². The first-order valence-corrected chi connectivity index (χ1v) is 7.10. The van der Waals surface area contributed by atoms with Gasteiger partial charge in [0.05, 0.1) is 0 Å². The van der Waals surface area contributed by atoms with E-state index in [9.17, 15) is 15.0 Å². The van der Waals surface area contributed by atoms with Gasteiger partial charge in [-0.25, -0.2) is 4.79 Å². The topological polar surface area (TPSA) is 57.5 Å². The van der Waals surface area contributed by atoms with Crippen LogP contribution in [0.2, 0.25) is 5.02 Å². The number of carboxylic acid groups (broad SMARTS) is 1. The molecule has 3 nitrogen and oxygen atoms in total. The molecule has 0 aliphatic heterocycles. The van der Waals surface area contributed by atoms with E-state index in [0.717, 1.165) is 25.7 Å². The quantitative estimate of drug-likeness (QED) is 0.710. The summed E-state index contributed by atoms with van der Waals surface area (Å²) in [6, 6.07) is 6.44. The zero-order valence-electron chi connectivity index (χ0n) is 11.2. The Hall–Kier alpha value is -1.06. The van der Waals surface area contributed by atoms with Crippen LogP contribution in [0.1, 0.15) is 51.0 Å². The Morgan fingerprint density at radius 1 is 1.26 bits per heavy atom. The minimum Gasteiger partial charge on any atom is -0.479 e. The number of hydrogen-bond donors (Lipinski definition) is 2. The SMILES string of the molecule is CCCCCCCC(O)(C(=O)O)c1cccc(Cl)c1. The highest BCUT2D eigenvalue weighted by Crippen LogP contribution is 2.29. The van der Waals surface area contributed by atoms with Crippen LogP contribution < -0.4 is 0 Å². The number of unbranched alkanes of at least 4 members (excludes halogenated alkanes) is 4. The largest absolute Gasteiger partial charge is 0.479 e. The Bertz CT molecular complexity index is 420. The van der Waals surface area contributed by atoms with Crippen molar-refractivity contribution < 1.29 is 15.0 Å². The molecule has 1 aromatic rings. The summed E-state index contributed by atoms with van der Waals surface area (Å²) in [6.45, 7) is 2.12. The molecular weight excluding hydrogens is 264 g/mol. The lowest BCUT2D eigenvalue weighted by Gasteiger charge is -2.24. The molecule has 0 spiro atoms. The molecule has 1 rings (SSSR count). The predicted octanol–water partition coefficient (Wildman–Crippen LogP) is 3.97. The van der Waals surface area contributed by atoms with Crippen molar-refractivity contribution in [2.45, 2.75) is 51.0 Å². The van der Waals surface area contributed by atoms with Crippen LogP contribution in [0.15, 0.2) is 24.3 Å². The molecule has 0 aliphatic rings. The van der Waals surface area contributed by atoms with Gasteiger partial charge >= 0.3 is 5.97 Å². The first-order valence-electron chi connectivity index (χ1n) is 6.72. The first-order chi connectivity index (χ1) is 9.00. The molecule has 0 saturated carbocycles. The van der Waals surface area contributed by atoms with Gasteiger partial charge in [-0.3, -0.25) is 0 Å². The lowest BCUT2D eigenvalue weighted by atomic mass is 9.88. The third kappa shape index (κ3) is 4.51. The van der Waals surface area contributed by atoms with Crippen molar-refractivity contribution in [3.05, 3.63) is 34.9 Å². The van der Waals surface area contributed by atoms with Gasteiger partial charge < -0.3 is 10.2 Å². The van der Waals surface area contributed by atoms with E-state index in [1.807, 2.05) is 0 Å². The lowest BCUT2D eigenvalue weighted by molar-refractivity contribution is -0.160. The average Bonchev–Trinajstić information content (AvgIpc) is 2.38. The highest BCUT2D eigenvalue weighted by molar-refractivity contribution is 6.30. The van der Waals surface area contributed by atoms with E-state index in [-0.39, 0.29) is 6.42 Å². The van der Waals surface area contributed by atoms with Gasteiger partial charge in [0, 0.05) is 5.02 Å². The molecule has 0 aromatic heterocycles. The monoisotopic (exact) mass is 284 g/mol. The molecule has 106 valence electrons. The van der Waals surface area contributed by atoms with Crippen LogP contribution in [0.4, 0.5) is 0 Å². The summed E-state index contributed by atoms with van der Waals surface area (Å²) in [6.07, 6.45) is 5.19. The number of aliphatic carboxylic acids is 1. The summed E-state index contributed by atoms with van der Waals surface area (Å²) >= 11 is 5.85. The fourth-order valence-electron chi connectivity index (χ4n) is 2.10. The van der Waals surface area contributed by atoms with Crippen LogP contribution >= 0.6 is 11.6 Å². The van der Waals surface area contributed by atoms with Crippen LogP contribution in [0.25, 0.3) is 0 Å². The van der Waals surface area contributed by atoms with E-state index in [1.165, 1.54) is 6.07 Å². The number of halogens is 1. The van der Waals surface area contributed by atoms with Crippen LogP contribution in [0.3, 0.4) is 0 Å². The predicted molar refractivity (Wildman–Crippen MR) is 76.4 cm³/mol. The van der Waals surface area contributed by atoms with E-state index in [1.54, 1.807) is 18.2 Å². The lowest BCUT2D eigenvalue weighted by Crippen LogP contribution is -2.35. The molecule has 2 N–H and O–H groups in total. The molecule has 0 saturated heterocycles. The molecule has 1 atom stereocenters. The molecule has 0 radical (unpaired) electrons. The molecular formula is C15H21ClO3. The number of hydrogen-bond acceptors (Lipinski definition) is 2. The maximum Gasteiger partial charge on any atom is 0.340 e. The van der Waals surface area contributed by atoms with Crippen molar-refractivity contribution in [3.63, 3.8) is 0 Å². The second-order valence-corrected chi connectivity index (χ2v) is 5.28. The molecule has 19 heavy (non-hydrogen) atoms. The number of rotatable bonds is 8. The van der Waals surface area contributed by atoms with E-state index >= 15 is 0 Å². The normalized spacial score (nSPS) is 14.1. The van der Waals surface area contributed by atoms with Crippen molar-refractivity contribution in [3.8, 4) is 0 Å². The van der Waals surface area contributed by atoms with Crippen LogP contribution in [0.5, 0.6) is 0 Å². The Labute approximate surface area is 119 Å². The zero-order chi connectivity index (χ0) is 14.3. The summed E-state index contributed by atoms with van der Waals surface area (Å²) in [4.78, 5) is 11.4. The highest BCUT2D eigenvalue weighted by atomic mass is 35.5. The van der Waals surface area contributed by atoms with Crippen molar-refractivity contribution in [1.29, 1.82) is 0 Å². The van der Waals surface area contributed by atoms with Gasteiger partial charge in [-0.05, 0) is 30.5 Å². The maximum atomic E-state index is 11.4. The van der Waals surface area contributed by atoms with Gasteiger partial charge in [-0.1, -0.05) is 56.3 Å². The molecule has 1 unspecified atom stereocenters. The van der Waals surface area contributed by atoms with Crippen LogP contribution in [-0.4, -0.2) is 16.2 Å². The summed E-state index contributed by atoms with van der Waals surface area (Å²) in [7, 11) is 0. The fraction of sp³-hybridized carbons (Fsp3) is 0.533. The van der Waals surface area contributed by atoms with Crippen molar-refractivity contribution in [1.82, 2.24) is 0 Å². The van der Waals surface area contributed by atoms with Gasteiger partial charge in [-0.2, -0.15) is 0 Å². The number of carbonyl (C=O) groups is 1. The second kappa shape index (κ2) is 7.51. The summed E-state index contributed by atoms with van der Waals surface area (Å²) in [5.41, 5.74) is -1.49. The Kier molecular flexibility index (Phi) is 6.32. The third-order valence-electron chi connectivity index (χ3n) is 3.30. The zero-order valence-corrected chi connectivity index (χ0v) is 12.0. The highest BCUT2D eigenvalue weighted by Gasteiger charge is 2.37. The van der Waals surface area contributed by atoms with E-state index in [2.05, 4.69) is 6.92 Å². The fourth-order valence-corrected chi connectivity index (χ4v) is 2.30.